The van der Waals surface area contributed by atoms with Gasteiger partial charge in [-0.25, -0.2) is 0 Å². The maximum Gasteiger partial charge on any atom is 0.142 e. The van der Waals surface area contributed by atoms with E-state index in [1.807, 2.05) is 0 Å². The van der Waals surface area contributed by atoms with E-state index in [9.17, 15) is 0 Å². The van der Waals surface area contributed by atoms with Crippen LogP contribution in [0, 0.1) is 6.92 Å². The van der Waals surface area contributed by atoms with Crippen molar-refractivity contribution in [1.29, 1.82) is 0 Å². The van der Waals surface area contributed by atoms with Gasteiger partial charge in [-0.15, -0.1) is 0 Å². The molecule has 2 heterocycles. The van der Waals surface area contributed by atoms with Crippen molar-refractivity contribution in [1.82, 2.24) is 0 Å². The highest BCUT2D eigenvalue weighted by Gasteiger charge is 2.23. The highest BCUT2D eigenvalue weighted by molar-refractivity contribution is 6.20. The summed E-state index contributed by atoms with van der Waals surface area (Å²) in [6, 6.07) is 102. The van der Waals surface area contributed by atoms with Gasteiger partial charge in [0.2, 0.25) is 0 Å². The third-order valence-corrected chi connectivity index (χ3v) is 15.7. The molecular formula is C75H50N2O2. The summed E-state index contributed by atoms with van der Waals surface area (Å²) >= 11 is 0. The van der Waals surface area contributed by atoms with Crippen LogP contribution >= 0.6 is 0 Å². The van der Waals surface area contributed by atoms with Gasteiger partial charge < -0.3 is 18.6 Å². The molecule has 0 saturated heterocycles. The Balaban J connectivity index is 0.830. The van der Waals surface area contributed by atoms with Crippen LogP contribution in [0.5, 0.6) is 0 Å². The fraction of sp³-hybridized carbons (Fsp3) is 0.0133. The molecule has 0 atom stereocenters. The van der Waals surface area contributed by atoms with Gasteiger partial charge in [-0.1, -0.05) is 182 Å². The normalized spacial score (nSPS) is 11.6. The molecule has 13 aromatic carbocycles. The van der Waals surface area contributed by atoms with Crippen LogP contribution < -0.4 is 9.80 Å². The van der Waals surface area contributed by atoms with Crippen LogP contribution in [0.2, 0.25) is 0 Å². The minimum absolute atomic E-state index is 0.840. The predicted octanol–water partition coefficient (Wildman–Crippen LogP) is 21.7. The van der Waals surface area contributed by atoms with Gasteiger partial charge in [-0.05, 0) is 165 Å². The SMILES string of the molecule is Cc1c2oc3cc4cc(N(c5ccccc5)c5ccc(-c6ccccc6)cc5-c5ccccc5)ccc4cc3c2cc2c1oc1cc3cc(N(c4ccccc4)c4ccc(-c5ccccc5)cc4-c4ccccc4)ccc3cc12. The van der Waals surface area contributed by atoms with Crippen molar-refractivity contribution in [3.8, 4) is 44.5 Å². The number of rotatable bonds is 10. The molecule has 0 fully saturated rings. The molecule has 0 N–H and O–H groups in total. The van der Waals surface area contributed by atoms with Crippen LogP contribution in [0.25, 0.3) is 110 Å². The van der Waals surface area contributed by atoms with E-state index in [4.69, 9.17) is 8.83 Å². The van der Waals surface area contributed by atoms with Crippen LogP contribution in [-0.2, 0) is 0 Å². The number of hydrogen-bond donors (Lipinski definition) is 0. The van der Waals surface area contributed by atoms with E-state index in [0.29, 0.717) is 0 Å². The molecule has 4 nitrogen and oxygen atoms in total. The Bertz CT molecular complexity index is 4460. The smallest absolute Gasteiger partial charge is 0.142 e. The van der Waals surface area contributed by atoms with Crippen LogP contribution in [0.15, 0.2) is 294 Å². The lowest BCUT2D eigenvalue weighted by Gasteiger charge is -2.28. The fourth-order valence-corrected chi connectivity index (χ4v) is 11.9. The zero-order valence-electron chi connectivity index (χ0n) is 43.3. The van der Waals surface area contributed by atoms with Crippen molar-refractivity contribution >= 4 is 99.5 Å². The first-order valence-electron chi connectivity index (χ1n) is 27.0. The Morgan fingerprint density at radius 2 is 0.620 bits per heavy atom. The van der Waals surface area contributed by atoms with Gasteiger partial charge in [0.25, 0.3) is 0 Å². The zero-order chi connectivity index (χ0) is 52.4. The minimum Gasteiger partial charge on any atom is -0.456 e. The summed E-state index contributed by atoms with van der Waals surface area (Å²) in [4.78, 5) is 4.75. The Kier molecular flexibility index (Phi) is 11.0. The van der Waals surface area contributed by atoms with Crippen LogP contribution in [0.4, 0.5) is 34.1 Å². The third-order valence-electron chi connectivity index (χ3n) is 15.7. The topological polar surface area (TPSA) is 32.8 Å². The lowest BCUT2D eigenvalue weighted by atomic mass is 9.96. The molecule has 4 heteroatoms. The number of benzene rings is 13. The Morgan fingerprint density at radius 1 is 0.253 bits per heavy atom. The van der Waals surface area contributed by atoms with Gasteiger partial charge in [0, 0.05) is 61.0 Å². The number of para-hydroxylation sites is 2. The molecule has 79 heavy (non-hydrogen) atoms. The van der Waals surface area contributed by atoms with E-state index in [2.05, 4.69) is 302 Å². The maximum atomic E-state index is 6.90. The molecular weight excluding hydrogens is 961 g/mol. The average Bonchev–Trinajstić information content (AvgIpc) is 4.30. The molecule has 15 aromatic rings. The molecule has 0 aliphatic heterocycles. The molecule has 0 aliphatic carbocycles. The summed E-state index contributed by atoms with van der Waals surface area (Å²) < 4.78 is 13.8. The number of furan rings is 2. The third kappa shape index (κ3) is 8.09. The second-order valence-electron chi connectivity index (χ2n) is 20.5. The van der Waals surface area contributed by atoms with Gasteiger partial charge >= 0.3 is 0 Å². The largest absolute Gasteiger partial charge is 0.456 e. The lowest BCUT2D eigenvalue weighted by Crippen LogP contribution is -2.11. The van der Waals surface area contributed by atoms with Crippen molar-refractivity contribution in [2.45, 2.75) is 6.92 Å². The molecule has 0 saturated carbocycles. The first kappa shape index (κ1) is 45.9. The Morgan fingerprint density at radius 3 is 1.01 bits per heavy atom. The molecule has 0 amide bonds. The lowest BCUT2D eigenvalue weighted by molar-refractivity contribution is 0.651. The molecule has 15 rings (SSSR count). The van der Waals surface area contributed by atoms with E-state index in [1.165, 1.54) is 22.3 Å². The fourth-order valence-electron chi connectivity index (χ4n) is 11.9. The highest BCUT2D eigenvalue weighted by atomic mass is 16.3. The first-order valence-corrected chi connectivity index (χ1v) is 27.0. The molecule has 372 valence electrons. The van der Waals surface area contributed by atoms with Gasteiger partial charge in [0.15, 0.2) is 0 Å². The van der Waals surface area contributed by atoms with Gasteiger partial charge in [0.05, 0.1) is 11.4 Å². The monoisotopic (exact) mass is 1010 g/mol. The summed E-state index contributed by atoms with van der Waals surface area (Å²) in [5.74, 6) is 0. The van der Waals surface area contributed by atoms with Crippen molar-refractivity contribution in [2.75, 3.05) is 9.80 Å². The highest BCUT2D eigenvalue weighted by Crippen LogP contribution is 2.47. The van der Waals surface area contributed by atoms with Crippen LogP contribution in [0.1, 0.15) is 5.56 Å². The molecule has 0 spiro atoms. The minimum atomic E-state index is 0.840. The van der Waals surface area contributed by atoms with Crippen molar-refractivity contribution in [2.24, 2.45) is 0 Å². The van der Waals surface area contributed by atoms with Gasteiger partial charge in [0.1, 0.15) is 22.3 Å². The van der Waals surface area contributed by atoms with E-state index >= 15 is 0 Å². The second-order valence-corrected chi connectivity index (χ2v) is 20.5. The van der Waals surface area contributed by atoms with Gasteiger partial charge in [-0.2, -0.15) is 0 Å². The number of fused-ring (bicyclic) bond motifs is 8. The van der Waals surface area contributed by atoms with Crippen molar-refractivity contribution in [3.05, 3.63) is 291 Å². The summed E-state index contributed by atoms with van der Waals surface area (Å²) in [5.41, 5.74) is 20.1. The summed E-state index contributed by atoms with van der Waals surface area (Å²) in [5, 5.41) is 8.77. The molecule has 2 aromatic heterocycles. The van der Waals surface area contributed by atoms with Crippen molar-refractivity contribution < 1.29 is 8.83 Å². The van der Waals surface area contributed by atoms with E-state index < -0.39 is 0 Å². The quantitative estimate of drug-likeness (QED) is 0.137. The summed E-state index contributed by atoms with van der Waals surface area (Å²) in [6.45, 7) is 2.13. The number of aryl methyl sites for hydroxylation is 1. The average molecular weight is 1010 g/mol. The van der Waals surface area contributed by atoms with Crippen LogP contribution in [0.3, 0.4) is 0 Å². The number of hydrogen-bond acceptors (Lipinski definition) is 4. The number of nitrogens with zero attached hydrogens (tertiary/aromatic N) is 2. The first-order chi connectivity index (χ1) is 39.1. The number of anilines is 6. The Hall–Kier alpha value is -10.4. The predicted molar refractivity (Wildman–Crippen MR) is 332 cm³/mol. The standard InChI is InChI=1S/C75H50N2O2/c1-49-74-68(66-44-56-32-36-62(40-58(56)46-72(66)78-74)76(60-28-16-6-17-29-60)70-38-34-54(50-20-8-2-9-21-50)42-64(70)52-24-12-4-13-25-52)48-69-67-45-57-33-37-63(41-59(57)47-73(67)79-75(49)69)77(61-30-18-7-19-31-61)71-39-35-55(51-22-10-3-11-23-51)43-65(71)53-26-14-5-15-27-53/h2-48H,1H3. The molecule has 0 aliphatic rings. The van der Waals surface area contributed by atoms with Crippen molar-refractivity contribution in [3.63, 3.8) is 0 Å². The summed E-state index contributed by atoms with van der Waals surface area (Å²) in [6.07, 6.45) is 0. The molecule has 0 radical (unpaired) electrons. The van der Waals surface area contributed by atoms with E-state index in [0.717, 1.165) is 127 Å². The van der Waals surface area contributed by atoms with Crippen LogP contribution in [-0.4, -0.2) is 0 Å². The Labute approximate surface area is 457 Å². The zero-order valence-corrected chi connectivity index (χ0v) is 43.3. The summed E-state index contributed by atoms with van der Waals surface area (Å²) in [7, 11) is 0. The molecule has 0 bridgehead atoms. The maximum absolute atomic E-state index is 6.90. The second kappa shape index (κ2) is 19.0. The van der Waals surface area contributed by atoms with E-state index in [1.54, 1.807) is 0 Å². The van der Waals surface area contributed by atoms with Gasteiger partial charge in [-0.3, -0.25) is 0 Å². The van der Waals surface area contributed by atoms with E-state index in [-0.39, 0.29) is 0 Å². The molecule has 0 unspecified atom stereocenters.